The molecule has 0 amide bonds. The lowest BCUT2D eigenvalue weighted by molar-refractivity contribution is 0.387. The Morgan fingerprint density at radius 2 is 1.95 bits per heavy atom. The Morgan fingerprint density at radius 3 is 2.60 bits per heavy atom. The number of nitrogens with one attached hydrogen (secondary N) is 1. The Labute approximate surface area is 118 Å². The normalized spacial score (nSPS) is 13.8. The van der Waals surface area contributed by atoms with Gasteiger partial charge in [0.25, 0.3) is 0 Å². The lowest BCUT2D eigenvalue weighted by Gasteiger charge is -2.22. The topological polar surface area (TPSA) is 34.1 Å². The Bertz CT molecular complexity index is 560. The predicted molar refractivity (Wildman–Crippen MR) is 77.2 cm³/mol. The summed E-state index contributed by atoms with van der Waals surface area (Å²) >= 11 is 0. The number of methoxy groups -OCH3 is 1. The molecule has 0 aliphatic carbocycles. The first-order valence-corrected chi connectivity index (χ1v) is 6.62. The van der Waals surface area contributed by atoms with Crippen molar-refractivity contribution in [1.29, 1.82) is 0 Å². The molecule has 2 rings (SSSR count). The first-order valence-electron chi connectivity index (χ1n) is 6.62. The van der Waals surface area contributed by atoms with Crippen molar-refractivity contribution in [2.24, 2.45) is 0 Å². The molecule has 0 aliphatic heterocycles. The molecule has 0 radical (unpaired) electrons. The summed E-state index contributed by atoms with van der Waals surface area (Å²) in [6.45, 7) is 3.95. The fraction of sp³-hybridized carbons (Fsp3) is 0.312. The van der Waals surface area contributed by atoms with Crippen LogP contribution in [0.4, 0.5) is 4.39 Å². The second-order valence-electron chi connectivity index (χ2n) is 4.75. The highest BCUT2D eigenvalue weighted by Gasteiger charge is 2.18. The van der Waals surface area contributed by atoms with E-state index in [2.05, 4.69) is 10.3 Å². The Hall–Kier alpha value is -1.94. The molecule has 1 aromatic carbocycles. The monoisotopic (exact) mass is 274 g/mol. The van der Waals surface area contributed by atoms with Crippen LogP contribution >= 0.6 is 0 Å². The lowest BCUT2D eigenvalue weighted by atomic mass is 10.0. The Kier molecular flexibility index (Phi) is 4.69. The van der Waals surface area contributed by atoms with Crippen molar-refractivity contribution < 1.29 is 9.13 Å². The quantitative estimate of drug-likeness (QED) is 0.903. The SMILES string of the molecule is COc1cccc(F)c1C(C)N[C@@H](C)c1cccnc1. The van der Waals surface area contributed by atoms with Gasteiger partial charge in [0, 0.05) is 30.0 Å². The van der Waals surface area contributed by atoms with Gasteiger partial charge in [0.1, 0.15) is 11.6 Å². The predicted octanol–water partition coefficient (Wildman–Crippen LogP) is 3.64. The number of hydrogen-bond acceptors (Lipinski definition) is 3. The van der Waals surface area contributed by atoms with Crippen LogP contribution in [0.1, 0.15) is 37.1 Å². The molecule has 20 heavy (non-hydrogen) atoms. The van der Waals surface area contributed by atoms with Crippen LogP contribution < -0.4 is 10.1 Å². The van der Waals surface area contributed by atoms with Crippen molar-refractivity contribution >= 4 is 0 Å². The van der Waals surface area contributed by atoms with E-state index in [0.717, 1.165) is 5.56 Å². The zero-order valence-electron chi connectivity index (χ0n) is 11.9. The van der Waals surface area contributed by atoms with Crippen LogP contribution in [0, 0.1) is 5.82 Å². The van der Waals surface area contributed by atoms with Crippen molar-refractivity contribution in [3.8, 4) is 5.75 Å². The van der Waals surface area contributed by atoms with E-state index in [1.54, 1.807) is 25.4 Å². The van der Waals surface area contributed by atoms with Gasteiger partial charge >= 0.3 is 0 Å². The highest BCUT2D eigenvalue weighted by atomic mass is 19.1. The molecule has 1 unspecified atom stereocenters. The van der Waals surface area contributed by atoms with Crippen molar-refractivity contribution in [2.45, 2.75) is 25.9 Å². The van der Waals surface area contributed by atoms with E-state index in [0.29, 0.717) is 11.3 Å². The summed E-state index contributed by atoms with van der Waals surface area (Å²) in [5.74, 6) is 0.297. The van der Waals surface area contributed by atoms with E-state index in [9.17, 15) is 4.39 Å². The number of nitrogens with zero attached hydrogens (tertiary/aromatic N) is 1. The molecule has 2 atom stereocenters. The number of hydrogen-bond donors (Lipinski definition) is 1. The summed E-state index contributed by atoms with van der Waals surface area (Å²) in [7, 11) is 1.55. The molecule has 1 heterocycles. The van der Waals surface area contributed by atoms with E-state index in [-0.39, 0.29) is 17.9 Å². The van der Waals surface area contributed by atoms with Crippen LogP contribution in [-0.4, -0.2) is 12.1 Å². The second kappa shape index (κ2) is 6.48. The van der Waals surface area contributed by atoms with Crippen LogP contribution in [0.25, 0.3) is 0 Å². The van der Waals surface area contributed by atoms with Crippen molar-refractivity contribution in [3.63, 3.8) is 0 Å². The largest absolute Gasteiger partial charge is 0.496 e. The molecule has 0 fully saturated rings. The summed E-state index contributed by atoms with van der Waals surface area (Å²) in [5, 5.41) is 3.37. The summed E-state index contributed by atoms with van der Waals surface area (Å²) in [6.07, 6.45) is 3.54. The maximum absolute atomic E-state index is 14.0. The lowest BCUT2D eigenvalue weighted by Crippen LogP contribution is -2.23. The van der Waals surface area contributed by atoms with E-state index < -0.39 is 0 Å². The smallest absolute Gasteiger partial charge is 0.131 e. The molecule has 0 bridgehead atoms. The third-order valence-corrected chi connectivity index (χ3v) is 3.35. The minimum Gasteiger partial charge on any atom is -0.496 e. The van der Waals surface area contributed by atoms with Crippen LogP contribution in [0.5, 0.6) is 5.75 Å². The van der Waals surface area contributed by atoms with Crippen LogP contribution in [-0.2, 0) is 0 Å². The minimum absolute atomic E-state index is 0.0722. The highest BCUT2D eigenvalue weighted by molar-refractivity contribution is 5.37. The van der Waals surface area contributed by atoms with Crippen molar-refractivity contribution in [3.05, 3.63) is 59.7 Å². The number of rotatable bonds is 5. The van der Waals surface area contributed by atoms with E-state index in [4.69, 9.17) is 4.74 Å². The van der Waals surface area contributed by atoms with Gasteiger partial charge < -0.3 is 10.1 Å². The molecule has 1 aromatic heterocycles. The van der Waals surface area contributed by atoms with E-state index >= 15 is 0 Å². The molecular formula is C16H19FN2O. The van der Waals surface area contributed by atoms with Gasteiger partial charge in [-0.1, -0.05) is 12.1 Å². The molecule has 0 saturated heterocycles. The number of benzene rings is 1. The summed E-state index contributed by atoms with van der Waals surface area (Å²) in [4.78, 5) is 4.10. The van der Waals surface area contributed by atoms with Gasteiger partial charge in [-0.15, -0.1) is 0 Å². The van der Waals surface area contributed by atoms with Crippen molar-refractivity contribution in [2.75, 3.05) is 7.11 Å². The standard InChI is InChI=1S/C16H19FN2O/c1-11(13-6-5-9-18-10-13)19-12(2)16-14(17)7-4-8-15(16)20-3/h4-12,19H,1-3H3/t11-,12?/m0/s1. The number of pyridine rings is 1. The van der Waals surface area contributed by atoms with Gasteiger partial charge in [0.2, 0.25) is 0 Å². The molecule has 106 valence electrons. The van der Waals surface area contributed by atoms with Gasteiger partial charge in [0.15, 0.2) is 0 Å². The summed E-state index contributed by atoms with van der Waals surface area (Å²) < 4.78 is 19.3. The molecule has 3 nitrogen and oxygen atoms in total. The number of halogens is 1. The maximum atomic E-state index is 14.0. The second-order valence-corrected chi connectivity index (χ2v) is 4.75. The average molecular weight is 274 g/mol. The molecule has 4 heteroatoms. The van der Waals surface area contributed by atoms with Gasteiger partial charge in [-0.25, -0.2) is 4.39 Å². The zero-order chi connectivity index (χ0) is 14.5. The van der Waals surface area contributed by atoms with Gasteiger partial charge in [-0.2, -0.15) is 0 Å². The van der Waals surface area contributed by atoms with Gasteiger partial charge in [0.05, 0.1) is 7.11 Å². The summed E-state index contributed by atoms with van der Waals surface area (Å²) in [5.41, 5.74) is 1.61. The maximum Gasteiger partial charge on any atom is 0.131 e. The molecular weight excluding hydrogens is 255 g/mol. The fourth-order valence-corrected chi connectivity index (χ4v) is 2.30. The Balaban J connectivity index is 2.18. The molecule has 1 N–H and O–H groups in total. The van der Waals surface area contributed by atoms with Crippen LogP contribution in [0.2, 0.25) is 0 Å². The summed E-state index contributed by atoms with van der Waals surface area (Å²) in [6, 6.07) is 8.66. The first kappa shape index (κ1) is 14.5. The first-order chi connectivity index (χ1) is 9.63. The number of aromatic nitrogens is 1. The van der Waals surface area contributed by atoms with Gasteiger partial charge in [-0.05, 0) is 37.6 Å². The minimum atomic E-state index is -0.261. The van der Waals surface area contributed by atoms with Gasteiger partial charge in [-0.3, -0.25) is 4.98 Å². The van der Waals surface area contributed by atoms with Crippen LogP contribution in [0.3, 0.4) is 0 Å². The van der Waals surface area contributed by atoms with Crippen LogP contribution in [0.15, 0.2) is 42.7 Å². The molecule has 2 aromatic rings. The van der Waals surface area contributed by atoms with E-state index in [1.807, 2.05) is 32.2 Å². The molecule has 0 aliphatic rings. The molecule has 0 spiro atoms. The fourth-order valence-electron chi connectivity index (χ4n) is 2.30. The highest BCUT2D eigenvalue weighted by Crippen LogP contribution is 2.29. The molecule has 0 saturated carbocycles. The zero-order valence-corrected chi connectivity index (χ0v) is 11.9. The Morgan fingerprint density at radius 1 is 1.15 bits per heavy atom. The number of ether oxygens (including phenoxy) is 1. The van der Waals surface area contributed by atoms with Crippen molar-refractivity contribution in [1.82, 2.24) is 10.3 Å². The van der Waals surface area contributed by atoms with E-state index in [1.165, 1.54) is 6.07 Å². The third-order valence-electron chi connectivity index (χ3n) is 3.35. The third kappa shape index (κ3) is 3.14. The average Bonchev–Trinajstić information content (AvgIpc) is 2.47.